The van der Waals surface area contributed by atoms with Crippen molar-refractivity contribution >= 4 is 33.3 Å². The van der Waals surface area contributed by atoms with Gasteiger partial charge in [0.1, 0.15) is 0 Å². The number of nitrogens with zero attached hydrogens (tertiary/aromatic N) is 3. The van der Waals surface area contributed by atoms with E-state index in [1.54, 1.807) is 32.2 Å². The first-order valence-electron chi connectivity index (χ1n) is 7.72. The normalized spacial score (nSPS) is 15.3. The van der Waals surface area contributed by atoms with E-state index in [2.05, 4.69) is 15.3 Å². The van der Waals surface area contributed by atoms with Gasteiger partial charge in [-0.1, -0.05) is 17.7 Å². The molecule has 2 aromatic rings. The van der Waals surface area contributed by atoms with Crippen LogP contribution in [0.1, 0.15) is 25.1 Å². The molecule has 0 bridgehead atoms. The standard InChI is InChI=1S/C16H19ClN4O2S/c1-11(2)24(22,23)21-7-6-15-12(10-21)9-18-16(20-15)19-14-5-3-4-13(17)8-14/h3-5,8-9,11H,6-7,10H2,1-2H3,(H,18,19,20). The van der Waals surface area contributed by atoms with Crippen LogP contribution in [0.5, 0.6) is 0 Å². The molecule has 0 radical (unpaired) electrons. The first-order chi connectivity index (χ1) is 11.4. The predicted molar refractivity (Wildman–Crippen MR) is 94.9 cm³/mol. The zero-order chi connectivity index (χ0) is 17.3. The molecule has 1 aliphatic rings. The summed E-state index contributed by atoms with van der Waals surface area (Å²) in [6.45, 7) is 4.16. The van der Waals surface area contributed by atoms with Crippen LogP contribution in [-0.4, -0.2) is 34.5 Å². The Morgan fingerprint density at radius 3 is 2.83 bits per heavy atom. The number of benzene rings is 1. The molecule has 6 nitrogen and oxygen atoms in total. The number of hydrogen-bond acceptors (Lipinski definition) is 5. The highest BCUT2D eigenvalue weighted by molar-refractivity contribution is 7.89. The van der Waals surface area contributed by atoms with E-state index in [4.69, 9.17) is 11.6 Å². The lowest BCUT2D eigenvalue weighted by Crippen LogP contribution is -2.40. The van der Waals surface area contributed by atoms with Crippen molar-refractivity contribution in [2.24, 2.45) is 0 Å². The molecule has 1 aromatic heterocycles. The summed E-state index contributed by atoms with van der Waals surface area (Å²) in [5.74, 6) is 0.483. The lowest BCUT2D eigenvalue weighted by Gasteiger charge is -2.28. The van der Waals surface area contributed by atoms with Crippen LogP contribution in [0.2, 0.25) is 5.02 Å². The third kappa shape index (κ3) is 3.53. The Morgan fingerprint density at radius 1 is 1.33 bits per heavy atom. The summed E-state index contributed by atoms with van der Waals surface area (Å²) in [6.07, 6.45) is 2.27. The Hall–Kier alpha value is -1.70. The SMILES string of the molecule is CC(C)S(=O)(=O)N1CCc2nc(Nc3cccc(Cl)c3)ncc2C1. The van der Waals surface area contributed by atoms with Gasteiger partial charge in [-0.2, -0.15) is 4.31 Å². The first-order valence-corrected chi connectivity index (χ1v) is 9.61. The van der Waals surface area contributed by atoms with Crippen LogP contribution in [0.15, 0.2) is 30.5 Å². The van der Waals surface area contributed by atoms with Crippen molar-refractivity contribution in [3.05, 3.63) is 46.7 Å². The molecule has 3 rings (SSSR count). The molecule has 0 amide bonds. The van der Waals surface area contributed by atoms with Gasteiger partial charge < -0.3 is 5.32 Å². The lowest BCUT2D eigenvalue weighted by atomic mass is 10.1. The zero-order valence-electron chi connectivity index (χ0n) is 13.5. The van der Waals surface area contributed by atoms with Gasteiger partial charge in [-0.25, -0.2) is 18.4 Å². The largest absolute Gasteiger partial charge is 0.324 e. The number of rotatable bonds is 4. The second-order valence-electron chi connectivity index (χ2n) is 5.98. The van der Waals surface area contributed by atoms with Crippen LogP contribution in [0.25, 0.3) is 0 Å². The van der Waals surface area contributed by atoms with Crippen molar-refractivity contribution in [2.45, 2.75) is 32.1 Å². The third-order valence-corrected chi connectivity index (χ3v) is 6.39. The molecule has 24 heavy (non-hydrogen) atoms. The fourth-order valence-corrected chi connectivity index (χ4v) is 4.01. The van der Waals surface area contributed by atoms with Crippen LogP contribution in [0, 0.1) is 0 Å². The highest BCUT2D eigenvalue weighted by atomic mass is 35.5. The summed E-state index contributed by atoms with van der Waals surface area (Å²) < 4.78 is 26.1. The molecule has 0 saturated heterocycles. The average Bonchev–Trinajstić information content (AvgIpc) is 2.54. The maximum atomic E-state index is 12.3. The maximum absolute atomic E-state index is 12.3. The summed E-state index contributed by atoms with van der Waals surface area (Å²) in [7, 11) is -3.26. The van der Waals surface area contributed by atoms with Crippen molar-refractivity contribution in [3.63, 3.8) is 0 Å². The molecule has 0 atom stereocenters. The van der Waals surface area contributed by atoms with Crippen molar-refractivity contribution in [1.82, 2.24) is 14.3 Å². The zero-order valence-corrected chi connectivity index (χ0v) is 15.1. The smallest absolute Gasteiger partial charge is 0.227 e. The van der Waals surface area contributed by atoms with Crippen molar-refractivity contribution < 1.29 is 8.42 Å². The number of aromatic nitrogens is 2. The van der Waals surface area contributed by atoms with E-state index in [-0.39, 0.29) is 0 Å². The number of hydrogen-bond donors (Lipinski definition) is 1. The van der Waals surface area contributed by atoms with Crippen LogP contribution in [0.3, 0.4) is 0 Å². The third-order valence-electron chi connectivity index (χ3n) is 3.94. The van der Waals surface area contributed by atoms with Gasteiger partial charge in [0, 0.05) is 42.0 Å². The Bertz CT molecular complexity index is 855. The van der Waals surface area contributed by atoms with E-state index in [1.807, 2.05) is 12.1 Å². The predicted octanol–water partition coefficient (Wildman–Crippen LogP) is 2.97. The molecule has 1 aromatic carbocycles. The number of halogens is 1. The van der Waals surface area contributed by atoms with Crippen LogP contribution >= 0.6 is 11.6 Å². The lowest BCUT2D eigenvalue weighted by molar-refractivity contribution is 0.383. The fraction of sp³-hybridized carbons (Fsp3) is 0.375. The minimum atomic E-state index is -3.26. The Labute approximate surface area is 146 Å². The molecule has 1 aliphatic heterocycles. The Kier molecular flexibility index (Phi) is 4.76. The molecule has 8 heteroatoms. The van der Waals surface area contributed by atoms with Crippen LogP contribution in [-0.2, 0) is 23.0 Å². The van der Waals surface area contributed by atoms with Crippen molar-refractivity contribution in [1.29, 1.82) is 0 Å². The van der Waals surface area contributed by atoms with Gasteiger partial charge in [0.05, 0.1) is 10.9 Å². The second kappa shape index (κ2) is 6.66. The highest BCUT2D eigenvalue weighted by Crippen LogP contribution is 2.23. The summed E-state index contributed by atoms with van der Waals surface area (Å²) >= 11 is 5.97. The minimum absolute atomic E-state index is 0.327. The maximum Gasteiger partial charge on any atom is 0.227 e. The molecular weight excluding hydrogens is 348 g/mol. The fourth-order valence-electron chi connectivity index (χ4n) is 2.56. The Morgan fingerprint density at radius 2 is 2.12 bits per heavy atom. The molecular formula is C16H19ClN4O2S. The van der Waals surface area contributed by atoms with Crippen LogP contribution in [0.4, 0.5) is 11.6 Å². The second-order valence-corrected chi connectivity index (χ2v) is 8.90. The first kappa shape index (κ1) is 17.1. The summed E-state index contributed by atoms with van der Waals surface area (Å²) in [5, 5.41) is 3.32. The van der Waals surface area contributed by atoms with E-state index < -0.39 is 15.3 Å². The average molecular weight is 367 g/mol. The van der Waals surface area contributed by atoms with E-state index >= 15 is 0 Å². The van der Waals surface area contributed by atoms with Gasteiger partial charge in [-0.3, -0.25) is 0 Å². The molecule has 1 N–H and O–H groups in total. The van der Waals surface area contributed by atoms with Crippen molar-refractivity contribution in [3.8, 4) is 0 Å². The summed E-state index contributed by atoms with van der Waals surface area (Å²) in [5.41, 5.74) is 2.54. The molecule has 128 valence electrons. The molecule has 0 spiro atoms. The molecule has 0 fully saturated rings. The molecule has 2 heterocycles. The quantitative estimate of drug-likeness (QED) is 0.900. The molecule has 0 saturated carbocycles. The number of fused-ring (bicyclic) bond motifs is 1. The number of anilines is 2. The van der Waals surface area contributed by atoms with Crippen LogP contribution < -0.4 is 5.32 Å². The Balaban J connectivity index is 1.79. The minimum Gasteiger partial charge on any atom is -0.324 e. The number of sulfonamides is 1. The number of nitrogens with one attached hydrogen (secondary N) is 1. The van der Waals surface area contributed by atoms with Gasteiger partial charge in [0.2, 0.25) is 16.0 Å². The van der Waals surface area contributed by atoms with Crippen molar-refractivity contribution in [2.75, 3.05) is 11.9 Å². The van der Waals surface area contributed by atoms with E-state index in [1.165, 1.54) is 4.31 Å². The highest BCUT2D eigenvalue weighted by Gasteiger charge is 2.30. The van der Waals surface area contributed by atoms with Gasteiger partial charge in [-0.05, 0) is 32.0 Å². The van der Waals surface area contributed by atoms with Gasteiger partial charge in [0.15, 0.2) is 0 Å². The molecule has 0 aliphatic carbocycles. The van der Waals surface area contributed by atoms with Gasteiger partial charge in [-0.15, -0.1) is 0 Å². The van der Waals surface area contributed by atoms with E-state index in [0.717, 1.165) is 16.9 Å². The van der Waals surface area contributed by atoms with Gasteiger partial charge in [0.25, 0.3) is 0 Å². The summed E-state index contributed by atoms with van der Waals surface area (Å²) in [4.78, 5) is 8.80. The topological polar surface area (TPSA) is 75.2 Å². The van der Waals surface area contributed by atoms with Gasteiger partial charge >= 0.3 is 0 Å². The monoisotopic (exact) mass is 366 g/mol. The summed E-state index contributed by atoms with van der Waals surface area (Å²) in [6, 6.07) is 7.31. The molecule has 0 unspecified atom stereocenters. The van der Waals surface area contributed by atoms with E-state index in [9.17, 15) is 8.42 Å². The van der Waals surface area contributed by atoms with E-state index in [0.29, 0.717) is 30.5 Å².